The fraction of sp³-hybridized carbons (Fsp3) is 0.278. The predicted octanol–water partition coefficient (Wildman–Crippen LogP) is 2.37. The summed E-state index contributed by atoms with van der Waals surface area (Å²) in [5.74, 6) is 0.347. The fourth-order valence-corrected chi connectivity index (χ4v) is 2.48. The van der Waals surface area contributed by atoms with E-state index in [0.717, 1.165) is 11.3 Å². The molecule has 2 aromatic heterocycles. The van der Waals surface area contributed by atoms with E-state index in [1.807, 2.05) is 24.3 Å². The van der Waals surface area contributed by atoms with Crippen LogP contribution in [0.5, 0.6) is 0 Å². The average Bonchev–Trinajstić information content (AvgIpc) is 3.05. The number of aromatic nitrogens is 3. The van der Waals surface area contributed by atoms with Crippen LogP contribution in [-0.2, 0) is 4.74 Å². The van der Waals surface area contributed by atoms with E-state index in [0.29, 0.717) is 36.6 Å². The Bertz CT molecular complexity index is 876. The molecular formula is C18H20N4O3. The highest BCUT2D eigenvalue weighted by Crippen LogP contribution is 2.22. The molecule has 2 N–H and O–H groups in total. The number of ether oxygens (including phenoxy) is 1. The monoisotopic (exact) mass is 340 g/mol. The molecule has 0 fully saturated rings. The number of fused-ring (bicyclic) bond motifs is 1. The number of aliphatic hydroxyl groups is 1. The molecule has 1 aromatic carbocycles. The van der Waals surface area contributed by atoms with Crippen LogP contribution in [0.3, 0.4) is 0 Å². The van der Waals surface area contributed by atoms with E-state index in [9.17, 15) is 4.79 Å². The highest BCUT2D eigenvalue weighted by Gasteiger charge is 2.12. The normalized spacial score (nSPS) is 10.8. The molecule has 0 saturated carbocycles. The Labute approximate surface area is 145 Å². The lowest BCUT2D eigenvalue weighted by atomic mass is 10.1. The summed E-state index contributed by atoms with van der Waals surface area (Å²) >= 11 is 0. The number of hydrogen-bond donors (Lipinski definition) is 2. The Morgan fingerprint density at radius 3 is 3.00 bits per heavy atom. The van der Waals surface area contributed by atoms with Crippen LogP contribution in [-0.4, -0.2) is 45.4 Å². The van der Waals surface area contributed by atoms with Crippen LogP contribution in [0, 0.1) is 0 Å². The Morgan fingerprint density at radius 2 is 2.20 bits per heavy atom. The molecule has 25 heavy (non-hydrogen) atoms. The molecule has 3 aromatic rings. The number of rotatable bonds is 7. The molecule has 3 rings (SSSR count). The van der Waals surface area contributed by atoms with Gasteiger partial charge in [0.2, 0.25) is 0 Å². The second-order valence-corrected chi connectivity index (χ2v) is 5.44. The van der Waals surface area contributed by atoms with Crippen molar-refractivity contribution >= 4 is 17.4 Å². The minimum Gasteiger partial charge on any atom is -0.462 e. The lowest BCUT2D eigenvalue weighted by Crippen LogP contribution is -2.07. The largest absolute Gasteiger partial charge is 0.462 e. The van der Waals surface area contributed by atoms with Crippen LogP contribution in [0.4, 0.5) is 5.82 Å². The number of aliphatic hydroxyl groups excluding tert-OH is 1. The van der Waals surface area contributed by atoms with Crippen molar-refractivity contribution in [2.24, 2.45) is 0 Å². The van der Waals surface area contributed by atoms with E-state index in [1.54, 1.807) is 29.8 Å². The lowest BCUT2D eigenvalue weighted by Gasteiger charge is -2.07. The Hall–Kier alpha value is -2.93. The number of hydrogen-bond acceptors (Lipinski definition) is 6. The van der Waals surface area contributed by atoms with Crippen LogP contribution in [0.15, 0.2) is 42.6 Å². The van der Waals surface area contributed by atoms with E-state index < -0.39 is 0 Å². The molecule has 7 heteroatoms. The molecule has 0 radical (unpaired) electrons. The Balaban J connectivity index is 1.94. The lowest BCUT2D eigenvalue weighted by molar-refractivity contribution is 0.0526. The van der Waals surface area contributed by atoms with Crippen molar-refractivity contribution in [3.05, 3.63) is 48.2 Å². The highest BCUT2D eigenvalue weighted by atomic mass is 16.5. The first-order chi connectivity index (χ1) is 12.2. The first-order valence-corrected chi connectivity index (χ1v) is 8.20. The van der Waals surface area contributed by atoms with E-state index in [2.05, 4.69) is 15.4 Å². The molecule has 0 atom stereocenters. The molecule has 0 aliphatic heterocycles. The van der Waals surface area contributed by atoms with Gasteiger partial charge in [0, 0.05) is 18.7 Å². The van der Waals surface area contributed by atoms with Crippen molar-refractivity contribution in [2.45, 2.75) is 13.3 Å². The number of benzene rings is 1. The van der Waals surface area contributed by atoms with Crippen molar-refractivity contribution in [3.8, 4) is 11.3 Å². The summed E-state index contributed by atoms with van der Waals surface area (Å²) < 4.78 is 6.78. The van der Waals surface area contributed by atoms with Gasteiger partial charge in [-0.05, 0) is 37.6 Å². The summed E-state index contributed by atoms with van der Waals surface area (Å²) in [6.07, 6.45) is 2.38. The van der Waals surface area contributed by atoms with E-state index in [4.69, 9.17) is 9.84 Å². The molecule has 0 unspecified atom stereocenters. The molecule has 0 spiro atoms. The van der Waals surface area contributed by atoms with Crippen LogP contribution in [0.25, 0.3) is 16.9 Å². The smallest absolute Gasteiger partial charge is 0.338 e. The predicted molar refractivity (Wildman–Crippen MR) is 94.6 cm³/mol. The van der Waals surface area contributed by atoms with Gasteiger partial charge in [-0.2, -0.15) is 0 Å². The van der Waals surface area contributed by atoms with Gasteiger partial charge in [0.05, 0.1) is 24.1 Å². The highest BCUT2D eigenvalue weighted by molar-refractivity contribution is 5.91. The third kappa shape index (κ3) is 3.77. The summed E-state index contributed by atoms with van der Waals surface area (Å²) in [4.78, 5) is 16.3. The maximum Gasteiger partial charge on any atom is 0.338 e. The van der Waals surface area contributed by atoms with E-state index in [1.165, 1.54) is 0 Å². The minimum absolute atomic E-state index is 0.131. The van der Waals surface area contributed by atoms with Gasteiger partial charge in [0.1, 0.15) is 5.82 Å². The van der Waals surface area contributed by atoms with Crippen molar-refractivity contribution in [1.82, 2.24) is 14.6 Å². The molecule has 0 amide bonds. The summed E-state index contributed by atoms with van der Waals surface area (Å²) in [7, 11) is 0. The minimum atomic E-state index is -0.350. The zero-order valence-corrected chi connectivity index (χ0v) is 14.0. The van der Waals surface area contributed by atoms with Gasteiger partial charge in [0.25, 0.3) is 0 Å². The molecule has 7 nitrogen and oxygen atoms in total. The number of nitrogens with zero attached hydrogens (tertiary/aromatic N) is 3. The van der Waals surface area contributed by atoms with Gasteiger partial charge in [-0.15, -0.1) is 5.10 Å². The summed E-state index contributed by atoms with van der Waals surface area (Å²) in [5, 5.41) is 16.6. The van der Waals surface area contributed by atoms with Crippen molar-refractivity contribution in [2.75, 3.05) is 25.1 Å². The number of nitrogens with one attached hydrogen (secondary N) is 1. The van der Waals surface area contributed by atoms with Crippen LogP contribution < -0.4 is 5.32 Å². The van der Waals surface area contributed by atoms with Crippen LogP contribution in [0.2, 0.25) is 0 Å². The Kier molecular flexibility index (Phi) is 5.25. The number of esters is 1. The van der Waals surface area contributed by atoms with Crippen molar-refractivity contribution in [1.29, 1.82) is 0 Å². The first-order valence-electron chi connectivity index (χ1n) is 8.20. The number of carbonyl (C=O) groups is 1. The SMILES string of the molecule is CCOC(=O)c1cccc(-c2cnc3ccc(NCCCO)nn23)c1. The zero-order chi connectivity index (χ0) is 17.6. The van der Waals surface area contributed by atoms with Gasteiger partial charge in [-0.3, -0.25) is 0 Å². The van der Waals surface area contributed by atoms with Gasteiger partial charge in [0.15, 0.2) is 5.65 Å². The van der Waals surface area contributed by atoms with E-state index in [-0.39, 0.29) is 12.6 Å². The van der Waals surface area contributed by atoms with Crippen LogP contribution >= 0.6 is 0 Å². The molecule has 0 bridgehead atoms. The Morgan fingerprint density at radius 1 is 1.32 bits per heavy atom. The zero-order valence-electron chi connectivity index (χ0n) is 14.0. The number of anilines is 1. The van der Waals surface area contributed by atoms with Crippen LogP contribution in [0.1, 0.15) is 23.7 Å². The molecule has 2 heterocycles. The van der Waals surface area contributed by atoms with E-state index >= 15 is 0 Å². The maximum atomic E-state index is 11.9. The molecule has 130 valence electrons. The molecule has 0 saturated heterocycles. The number of carbonyl (C=O) groups excluding carboxylic acids is 1. The second-order valence-electron chi connectivity index (χ2n) is 5.44. The van der Waals surface area contributed by atoms with Crippen molar-refractivity contribution < 1.29 is 14.6 Å². The quantitative estimate of drug-likeness (QED) is 0.507. The number of imidazole rings is 1. The fourth-order valence-electron chi connectivity index (χ4n) is 2.48. The summed E-state index contributed by atoms with van der Waals surface area (Å²) in [6, 6.07) is 10.9. The summed E-state index contributed by atoms with van der Waals surface area (Å²) in [5.41, 5.74) is 2.82. The van der Waals surface area contributed by atoms with Gasteiger partial charge in [-0.25, -0.2) is 14.3 Å². The standard InChI is InChI=1S/C18H20N4O3/c1-2-25-18(24)14-6-3-5-13(11-14)15-12-20-17-8-7-16(21-22(15)17)19-9-4-10-23/h3,5-8,11-12,23H,2,4,9-10H2,1H3,(H,19,21). The van der Waals surface area contributed by atoms with Crippen molar-refractivity contribution in [3.63, 3.8) is 0 Å². The third-order valence-electron chi connectivity index (χ3n) is 3.67. The topological polar surface area (TPSA) is 88.8 Å². The maximum absolute atomic E-state index is 11.9. The third-order valence-corrected chi connectivity index (χ3v) is 3.67. The molecular weight excluding hydrogens is 320 g/mol. The van der Waals surface area contributed by atoms with Gasteiger partial charge in [-0.1, -0.05) is 12.1 Å². The summed E-state index contributed by atoms with van der Waals surface area (Å²) in [6.45, 7) is 2.88. The second kappa shape index (κ2) is 7.76. The van der Waals surface area contributed by atoms with Gasteiger partial charge < -0.3 is 15.2 Å². The first kappa shape index (κ1) is 16.9. The van der Waals surface area contributed by atoms with Gasteiger partial charge >= 0.3 is 5.97 Å². The molecule has 0 aliphatic carbocycles. The molecule has 0 aliphatic rings. The average molecular weight is 340 g/mol.